The van der Waals surface area contributed by atoms with Crippen LogP contribution in [-0.4, -0.2) is 39.3 Å². The zero-order chi connectivity index (χ0) is 23.1. The molecule has 0 unspecified atom stereocenters. The summed E-state index contributed by atoms with van der Waals surface area (Å²) in [5.74, 6) is -0.509. The Balaban J connectivity index is 1.83. The first-order valence-electron chi connectivity index (χ1n) is 9.65. The van der Waals surface area contributed by atoms with Gasteiger partial charge in [-0.3, -0.25) is 9.10 Å². The van der Waals surface area contributed by atoms with Crippen molar-refractivity contribution in [1.82, 2.24) is 5.43 Å². The summed E-state index contributed by atoms with van der Waals surface area (Å²) in [7, 11) is -2.57. The van der Waals surface area contributed by atoms with Crippen molar-refractivity contribution in [2.45, 2.75) is 11.8 Å². The fourth-order valence-corrected chi connectivity index (χ4v) is 4.40. The summed E-state index contributed by atoms with van der Waals surface area (Å²) in [6.07, 6.45) is 1.25. The lowest BCUT2D eigenvalue weighted by molar-refractivity contribution is -0.119. The highest BCUT2D eigenvalue weighted by Gasteiger charge is 2.27. The second-order valence-electron chi connectivity index (χ2n) is 6.86. The molecule has 32 heavy (non-hydrogen) atoms. The first kappa shape index (κ1) is 22.8. The van der Waals surface area contributed by atoms with Gasteiger partial charge in [0, 0.05) is 5.56 Å². The summed E-state index contributed by atoms with van der Waals surface area (Å²) >= 11 is 0. The van der Waals surface area contributed by atoms with Crippen LogP contribution in [0.5, 0.6) is 11.5 Å². The molecule has 8 nitrogen and oxygen atoms in total. The topological polar surface area (TPSA) is 108 Å². The van der Waals surface area contributed by atoms with E-state index in [-0.39, 0.29) is 16.4 Å². The number of hydrogen-bond acceptors (Lipinski definition) is 6. The molecule has 0 radical (unpaired) electrons. The Morgan fingerprint density at radius 3 is 2.50 bits per heavy atom. The van der Waals surface area contributed by atoms with E-state index in [0.29, 0.717) is 11.3 Å². The number of ether oxygens (including phenoxy) is 1. The van der Waals surface area contributed by atoms with Gasteiger partial charge < -0.3 is 9.84 Å². The van der Waals surface area contributed by atoms with E-state index >= 15 is 0 Å². The van der Waals surface area contributed by atoms with E-state index in [0.717, 1.165) is 9.87 Å². The Labute approximate surface area is 186 Å². The lowest BCUT2D eigenvalue weighted by atomic mass is 10.2. The lowest BCUT2D eigenvalue weighted by Gasteiger charge is -2.24. The van der Waals surface area contributed by atoms with Gasteiger partial charge in [0.15, 0.2) is 11.5 Å². The number of para-hydroxylation sites is 1. The smallest absolute Gasteiger partial charge is 0.264 e. The van der Waals surface area contributed by atoms with Gasteiger partial charge >= 0.3 is 0 Å². The number of aromatic hydroxyl groups is 1. The summed E-state index contributed by atoms with van der Waals surface area (Å²) in [4.78, 5) is 12.6. The Morgan fingerprint density at radius 2 is 1.81 bits per heavy atom. The number of carbonyl (C=O) groups is 1. The Hall–Kier alpha value is -3.85. The minimum atomic E-state index is -3.99. The summed E-state index contributed by atoms with van der Waals surface area (Å²) in [5.41, 5.74) is 3.85. The van der Waals surface area contributed by atoms with E-state index in [9.17, 15) is 18.3 Å². The fourth-order valence-electron chi connectivity index (χ4n) is 2.97. The van der Waals surface area contributed by atoms with E-state index in [2.05, 4.69) is 10.5 Å². The zero-order valence-electron chi connectivity index (χ0n) is 17.6. The Morgan fingerprint density at radius 1 is 1.09 bits per heavy atom. The molecule has 0 atom stereocenters. The second kappa shape index (κ2) is 9.97. The molecule has 0 saturated carbocycles. The molecule has 0 bridgehead atoms. The third kappa shape index (κ3) is 5.25. The van der Waals surface area contributed by atoms with Crippen LogP contribution in [-0.2, 0) is 14.8 Å². The number of methoxy groups -OCH3 is 1. The molecular formula is C23H23N3O5S. The van der Waals surface area contributed by atoms with Gasteiger partial charge in [-0.05, 0) is 48.9 Å². The normalized spacial score (nSPS) is 11.3. The molecule has 0 spiro atoms. The molecule has 0 aliphatic rings. The number of rotatable bonds is 8. The maximum atomic E-state index is 13.3. The molecule has 3 rings (SSSR count). The van der Waals surface area contributed by atoms with Crippen molar-refractivity contribution in [1.29, 1.82) is 0 Å². The molecule has 0 aromatic heterocycles. The van der Waals surface area contributed by atoms with Crippen LogP contribution in [0.3, 0.4) is 0 Å². The van der Waals surface area contributed by atoms with Crippen LogP contribution in [0.4, 0.5) is 5.69 Å². The minimum absolute atomic E-state index is 0.0686. The molecule has 0 aliphatic heterocycles. The quantitative estimate of drug-likeness (QED) is 0.403. The summed E-state index contributed by atoms with van der Waals surface area (Å²) in [5, 5.41) is 13.9. The SMILES string of the molecule is COc1cccc(/C=N\NC(=O)CN(c2cccc(C)c2)S(=O)(=O)c2ccccc2)c1O. The molecule has 0 heterocycles. The van der Waals surface area contributed by atoms with Crippen LogP contribution < -0.4 is 14.5 Å². The molecular weight excluding hydrogens is 430 g/mol. The third-order valence-corrected chi connectivity index (χ3v) is 6.34. The minimum Gasteiger partial charge on any atom is -0.504 e. The predicted molar refractivity (Wildman–Crippen MR) is 123 cm³/mol. The maximum Gasteiger partial charge on any atom is 0.264 e. The fraction of sp³-hybridized carbons (Fsp3) is 0.130. The molecule has 3 aromatic rings. The van der Waals surface area contributed by atoms with Crippen molar-refractivity contribution in [2.75, 3.05) is 18.0 Å². The van der Waals surface area contributed by atoms with Crippen molar-refractivity contribution in [3.63, 3.8) is 0 Å². The average Bonchev–Trinajstić information content (AvgIpc) is 2.79. The molecule has 3 aromatic carbocycles. The van der Waals surface area contributed by atoms with Gasteiger partial charge in [-0.2, -0.15) is 5.10 Å². The number of nitrogens with one attached hydrogen (secondary N) is 1. The first-order valence-corrected chi connectivity index (χ1v) is 11.1. The van der Waals surface area contributed by atoms with Crippen LogP contribution >= 0.6 is 0 Å². The molecule has 2 N–H and O–H groups in total. The number of aryl methyl sites for hydroxylation is 1. The van der Waals surface area contributed by atoms with Gasteiger partial charge in [0.2, 0.25) is 0 Å². The Kier molecular flexibility index (Phi) is 7.11. The highest BCUT2D eigenvalue weighted by molar-refractivity contribution is 7.92. The largest absolute Gasteiger partial charge is 0.504 e. The number of phenolic OH excluding ortho intramolecular Hbond substituents is 1. The number of nitrogens with zero attached hydrogens (tertiary/aromatic N) is 2. The van der Waals surface area contributed by atoms with Crippen LogP contribution in [0.25, 0.3) is 0 Å². The first-order chi connectivity index (χ1) is 15.3. The van der Waals surface area contributed by atoms with E-state index in [4.69, 9.17) is 4.74 Å². The standard InChI is InChI=1S/C23H23N3O5S/c1-17-8-6-10-19(14-17)26(32(29,30)20-11-4-3-5-12-20)16-22(27)25-24-15-18-9-7-13-21(31-2)23(18)28/h3-15,28H,16H2,1-2H3,(H,25,27)/b24-15-. The number of carbonyl (C=O) groups excluding carboxylic acids is 1. The van der Waals surface area contributed by atoms with Crippen molar-refractivity contribution < 1.29 is 23.1 Å². The monoisotopic (exact) mass is 453 g/mol. The van der Waals surface area contributed by atoms with E-state index in [1.54, 1.807) is 54.6 Å². The van der Waals surface area contributed by atoms with Gasteiger partial charge in [0.1, 0.15) is 6.54 Å². The number of hydrogen-bond donors (Lipinski definition) is 2. The van der Waals surface area contributed by atoms with Gasteiger partial charge in [-0.15, -0.1) is 0 Å². The van der Waals surface area contributed by atoms with Crippen LogP contribution in [0.1, 0.15) is 11.1 Å². The molecule has 0 saturated heterocycles. The number of amides is 1. The summed E-state index contributed by atoms with van der Waals surface area (Å²) in [6, 6.07) is 19.6. The summed E-state index contributed by atoms with van der Waals surface area (Å²) in [6.45, 7) is 1.35. The predicted octanol–water partition coefficient (Wildman–Crippen LogP) is 3.05. The molecule has 9 heteroatoms. The van der Waals surface area contributed by atoms with Gasteiger partial charge in [0.25, 0.3) is 15.9 Å². The molecule has 0 fully saturated rings. The van der Waals surface area contributed by atoms with E-state index in [1.807, 2.05) is 13.0 Å². The van der Waals surface area contributed by atoms with Crippen LogP contribution in [0, 0.1) is 6.92 Å². The highest BCUT2D eigenvalue weighted by Crippen LogP contribution is 2.28. The average molecular weight is 454 g/mol. The number of benzene rings is 3. The number of sulfonamides is 1. The van der Waals surface area contributed by atoms with Crippen LogP contribution in [0.2, 0.25) is 0 Å². The third-order valence-electron chi connectivity index (χ3n) is 4.55. The van der Waals surface area contributed by atoms with Crippen molar-refractivity contribution in [3.05, 3.63) is 83.9 Å². The van der Waals surface area contributed by atoms with Crippen molar-refractivity contribution >= 4 is 27.8 Å². The van der Waals surface area contributed by atoms with Gasteiger partial charge in [-0.25, -0.2) is 13.8 Å². The van der Waals surface area contributed by atoms with Crippen LogP contribution in [0.15, 0.2) is 82.8 Å². The second-order valence-corrected chi connectivity index (χ2v) is 8.72. The summed E-state index contributed by atoms with van der Waals surface area (Å²) < 4.78 is 32.6. The molecule has 0 aliphatic carbocycles. The zero-order valence-corrected chi connectivity index (χ0v) is 18.4. The van der Waals surface area contributed by atoms with E-state index < -0.39 is 22.5 Å². The lowest BCUT2D eigenvalue weighted by Crippen LogP contribution is -2.39. The number of phenols is 1. The Bertz CT molecular complexity index is 1230. The molecule has 166 valence electrons. The number of anilines is 1. The van der Waals surface area contributed by atoms with Gasteiger partial charge in [-0.1, -0.05) is 36.4 Å². The highest BCUT2D eigenvalue weighted by atomic mass is 32.2. The van der Waals surface area contributed by atoms with Gasteiger partial charge in [0.05, 0.1) is 23.9 Å². The van der Waals surface area contributed by atoms with Crippen molar-refractivity contribution in [3.8, 4) is 11.5 Å². The van der Waals surface area contributed by atoms with Crippen molar-refractivity contribution in [2.24, 2.45) is 5.10 Å². The number of hydrazone groups is 1. The molecule has 1 amide bonds. The van der Waals surface area contributed by atoms with E-state index in [1.165, 1.54) is 25.5 Å². The maximum absolute atomic E-state index is 13.3.